The SMILES string of the molecule is C[C@H](NC1CC(NC(=O)OCc2ccccc2)C1)c1ccccc1Br. The predicted octanol–water partition coefficient (Wildman–Crippen LogP) is 4.56. The fourth-order valence-corrected chi connectivity index (χ4v) is 3.70. The molecule has 0 bridgehead atoms. The van der Waals surface area contributed by atoms with Crippen LogP contribution in [0.25, 0.3) is 0 Å². The van der Waals surface area contributed by atoms with Gasteiger partial charge in [-0.25, -0.2) is 4.79 Å². The standard InChI is InChI=1S/C20H23BrN2O2/c1-14(18-9-5-6-10-19(18)21)22-16-11-17(12-16)23-20(24)25-13-15-7-3-2-4-8-15/h2-10,14,16-17,22H,11-13H2,1H3,(H,23,24)/t14-,16?,17?/m0/s1. The van der Waals surface area contributed by atoms with Gasteiger partial charge < -0.3 is 15.4 Å². The van der Waals surface area contributed by atoms with Gasteiger partial charge in [-0.3, -0.25) is 0 Å². The quantitative estimate of drug-likeness (QED) is 0.744. The summed E-state index contributed by atoms with van der Waals surface area (Å²) in [6.07, 6.45) is 1.51. The highest BCUT2D eigenvalue weighted by Gasteiger charge is 2.31. The summed E-state index contributed by atoms with van der Waals surface area (Å²) in [5.74, 6) is 0. The van der Waals surface area contributed by atoms with Gasteiger partial charge in [0.25, 0.3) is 0 Å². The van der Waals surface area contributed by atoms with E-state index in [9.17, 15) is 4.79 Å². The number of ether oxygens (including phenoxy) is 1. The van der Waals surface area contributed by atoms with E-state index in [1.165, 1.54) is 5.56 Å². The Balaban J connectivity index is 1.36. The number of rotatable bonds is 6. The van der Waals surface area contributed by atoms with Gasteiger partial charge in [-0.2, -0.15) is 0 Å². The third-order valence-corrected chi connectivity index (χ3v) is 5.25. The van der Waals surface area contributed by atoms with Crippen LogP contribution in [0.1, 0.15) is 36.9 Å². The Hall–Kier alpha value is -1.85. The predicted molar refractivity (Wildman–Crippen MR) is 102 cm³/mol. The van der Waals surface area contributed by atoms with Crippen LogP contribution in [0.2, 0.25) is 0 Å². The average Bonchev–Trinajstić information content (AvgIpc) is 2.59. The van der Waals surface area contributed by atoms with Gasteiger partial charge in [0, 0.05) is 22.6 Å². The maximum absolute atomic E-state index is 11.9. The lowest BCUT2D eigenvalue weighted by Gasteiger charge is -2.38. The number of carbonyl (C=O) groups is 1. The number of alkyl carbamates (subject to hydrolysis) is 1. The lowest BCUT2D eigenvalue weighted by molar-refractivity contribution is 0.124. The largest absolute Gasteiger partial charge is 0.445 e. The Morgan fingerprint density at radius 3 is 2.52 bits per heavy atom. The Bertz CT molecular complexity index is 702. The van der Waals surface area contributed by atoms with E-state index in [2.05, 4.69) is 45.6 Å². The summed E-state index contributed by atoms with van der Waals surface area (Å²) in [6, 6.07) is 18.8. The van der Waals surface area contributed by atoms with Crippen LogP contribution < -0.4 is 10.6 Å². The van der Waals surface area contributed by atoms with E-state index in [1.807, 2.05) is 42.5 Å². The van der Waals surface area contributed by atoms with E-state index < -0.39 is 0 Å². The van der Waals surface area contributed by atoms with Crippen LogP contribution in [0.15, 0.2) is 59.1 Å². The molecule has 0 heterocycles. The Morgan fingerprint density at radius 2 is 1.80 bits per heavy atom. The van der Waals surface area contributed by atoms with Gasteiger partial charge in [-0.15, -0.1) is 0 Å². The van der Waals surface area contributed by atoms with Crippen molar-refractivity contribution in [3.05, 3.63) is 70.2 Å². The van der Waals surface area contributed by atoms with Crippen LogP contribution in [0.4, 0.5) is 4.79 Å². The fraction of sp³-hybridized carbons (Fsp3) is 0.350. The summed E-state index contributed by atoms with van der Waals surface area (Å²) in [5.41, 5.74) is 2.24. The zero-order valence-corrected chi connectivity index (χ0v) is 15.8. The lowest BCUT2D eigenvalue weighted by Crippen LogP contribution is -2.52. The first-order valence-corrected chi connectivity index (χ1v) is 9.39. The molecule has 1 saturated carbocycles. The minimum absolute atomic E-state index is 0.187. The minimum atomic E-state index is -0.342. The first kappa shape index (κ1) is 18.0. The number of benzene rings is 2. The molecule has 1 atom stereocenters. The Labute approximate surface area is 157 Å². The molecule has 0 unspecified atom stereocenters. The molecular weight excluding hydrogens is 380 g/mol. The molecule has 4 nitrogen and oxygen atoms in total. The second-order valence-electron chi connectivity index (χ2n) is 6.48. The second-order valence-corrected chi connectivity index (χ2v) is 7.34. The van der Waals surface area contributed by atoms with Crippen molar-refractivity contribution in [2.75, 3.05) is 0 Å². The molecular formula is C20H23BrN2O2. The molecule has 0 radical (unpaired) electrons. The molecule has 2 aromatic carbocycles. The molecule has 0 saturated heterocycles. The van der Waals surface area contributed by atoms with Crippen LogP contribution in [-0.2, 0) is 11.3 Å². The van der Waals surface area contributed by atoms with E-state index in [1.54, 1.807) is 0 Å². The van der Waals surface area contributed by atoms with Gasteiger partial charge in [-0.1, -0.05) is 64.5 Å². The number of amides is 1. The van der Waals surface area contributed by atoms with E-state index in [4.69, 9.17) is 4.74 Å². The number of nitrogens with one attached hydrogen (secondary N) is 2. The number of carbonyl (C=O) groups excluding carboxylic acids is 1. The van der Waals surface area contributed by atoms with Crippen LogP contribution >= 0.6 is 15.9 Å². The molecule has 1 fully saturated rings. The number of hydrogen-bond donors (Lipinski definition) is 2. The maximum Gasteiger partial charge on any atom is 0.407 e. The van der Waals surface area contributed by atoms with E-state index in [-0.39, 0.29) is 18.2 Å². The molecule has 0 aliphatic heterocycles. The summed E-state index contributed by atoms with van der Waals surface area (Å²) >= 11 is 3.59. The van der Waals surface area contributed by atoms with Crippen molar-refractivity contribution >= 4 is 22.0 Å². The normalized spacial score (nSPS) is 20.4. The fourth-order valence-electron chi connectivity index (χ4n) is 3.07. The van der Waals surface area contributed by atoms with Crippen molar-refractivity contribution in [2.24, 2.45) is 0 Å². The molecule has 1 aliphatic rings. The molecule has 2 aromatic rings. The summed E-state index contributed by atoms with van der Waals surface area (Å²) < 4.78 is 6.38. The molecule has 0 aromatic heterocycles. The molecule has 5 heteroatoms. The minimum Gasteiger partial charge on any atom is -0.445 e. The van der Waals surface area contributed by atoms with Gasteiger partial charge >= 0.3 is 6.09 Å². The first-order chi connectivity index (χ1) is 12.1. The maximum atomic E-state index is 11.9. The molecule has 0 spiro atoms. The highest BCUT2D eigenvalue weighted by atomic mass is 79.9. The third-order valence-electron chi connectivity index (χ3n) is 4.53. The van der Waals surface area contributed by atoms with Crippen LogP contribution in [0, 0.1) is 0 Å². The lowest BCUT2D eigenvalue weighted by atomic mass is 9.86. The van der Waals surface area contributed by atoms with Crippen molar-refractivity contribution in [1.29, 1.82) is 0 Å². The van der Waals surface area contributed by atoms with Gasteiger partial charge in [0.15, 0.2) is 0 Å². The van der Waals surface area contributed by atoms with E-state index >= 15 is 0 Å². The molecule has 2 N–H and O–H groups in total. The number of hydrogen-bond acceptors (Lipinski definition) is 3. The van der Waals surface area contributed by atoms with Gasteiger partial charge in [0.1, 0.15) is 6.61 Å². The van der Waals surface area contributed by atoms with Gasteiger partial charge in [0.2, 0.25) is 0 Å². The van der Waals surface area contributed by atoms with Crippen LogP contribution in [0.3, 0.4) is 0 Å². The zero-order chi connectivity index (χ0) is 17.6. The van der Waals surface area contributed by atoms with Crippen LogP contribution in [0.5, 0.6) is 0 Å². The van der Waals surface area contributed by atoms with Crippen LogP contribution in [-0.4, -0.2) is 18.2 Å². The van der Waals surface area contributed by atoms with Crippen molar-refractivity contribution in [1.82, 2.24) is 10.6 Å². The topological polar surface area (TPSA) is 50.4 Å². The zero-order valence-electron chi connectivity index (χ0n) is 14.2. The molecule has 132 valence electrons. The summed E-state index contributed by atoms with van der Waals surface area (Å²) in [6.45, 7) is 2.47. The smallest absolute Gasteiger partial charge is 0.407 e. The molecule has 1 amide bonds. The molecule has 3 rings (SSSR count). The van der Waals surface area contributed by atoms with E-state index in [0.717, 1.165) is 22.9 Å². The van der Waals surface area contributed by atoms with Crippen molar-refractivity contribution in [3.63, 3.8) is 0 Å². The summed E-state index contributed by atoms with van der Waals surface area (Å²) in [5, 5.41) is 6.54. The van der Waals surface area contributed by atoms with Gasteiger partial charge in [0.05, 0.1) is 0 Å². The van der Waals surface area contributed by atoms with Crippen molar-refractivity contribution in [2.45, 2.75) is 44.5 Å². The highest BCUT2D eigenvalue weighted by molar-refractivity contribution is 9.10. The van der Waals surface area contributed by atoms with E-state index in [0.29, 0.717) is 12.6 Å². The Morgan fingerprint density at radius 1 is 1.12 bits per heavy atom. The summed E-state index contributed by atoms with van der Waals surface area (Å²) in [4.78, 5) is 11.9. The summed E-state index contributed by atoms with van der Waals surface area (Å²) in [7, 11) is 0. The molecule has 25 heavy (non-hydrogen) atoms. The highest BCUT2D eigenvalue weighted by Crippen LogP contribution is 2.27. The average molecular weight is 403 g/mol. The Kier molecular flexibility index (Phi) is 6.10. The number of halogens is 1. The van der Waals surface area contributed by atoms with Crippen molar-refractivity contribution in [3.8, 4) is 0 Å². The van der Waals surface area contributed by atoms with Crippen molar-refractivity contribution < 1.29 is 9.53 Å². The third kappa shape index (κ3) is 5.06. The molecule has 1 aliphatic carbocycles. The second kappa shape index (κ2) is 8.50. The monoisotopic (exact) mass is 402 g/mol. The van der Waals surface area contributed by atoms with Gasteiger partial charge in [-0.05, 0) is 37.0 Å². The first-order valence-electron chi connectivity index (χ1n) is 8.59.